The Balaban J connectivity index is 0.963. The van der Waals surface area contributed by atoms with Gasteiger partial charge in [0, 0.05) is 38.4 Å². The first kappa shape index (κ1) is 33.6. The van der Waals surface area contributed by atoms with Crippen LogP contribution < -0.4 is 0 Å². The second kappa shape index (κ2) is 14.1. The Bertz CT molecular complexity index is 3220. The fraction of sp³-hybridized carbons (Fsp3) is 0. The number of benzene rings is 9. The number of rotatable bonds is 6. The number of hydrogen-bond donors (Lipinski definition) is 0. The van der Waals surface area contributed by atoms with Gasteiger partial charge in [-0.05, 0) is 68.1 Å². The van der Waals surface area contributed by atoms with Crippen LogP contribution in [0.5, 0.6) is 0 Å². The molecule has 0 atom stereocenters. The lowest BCUT2D eigenvalue weighted by molar-refractivity contribution is 1.18. The third-order valence-electron chi connectivity index (χ3n) is 11.3. The highest BCUT2D eigenvalue weighted by atomic mass is 14.9. The van der Waals surface area contributed by atoms with E-state index in [4.69, 9.17) is 15.0 Å². The van der Waals surface area contributed by atoms with Gasteiger partial charge >= 0.3 is 0 Å². The van der Waals surface area contributed by atoms with Crippen molar-refractivity contribution in [1.29, 1.82) is 0 Å². The summed E-state index contributed by atoms with van der Waals surface area (Å²) >= 11 is 0. The summed E-state index contributed by atoms with van der Waals surface area (Å²) in [6.07, 6.45) is 0. The lowest BCUT2D eigenvalue weighted by Crippen LogP contribution is -1.96. The van der Waals surface area contributed by atoms with E-state index in [9.17, 15) is 0 Å². The van der Waals surface area contributed by atoms with Crippen LogP contribution in [-0.2, 0) is 0 Å². The van der Waals surface area contributed by atoms with Crippen molar-refractivity contribution in [2.24, 2.45) is 0 Å². The second-order valence-corrected chi connectivity index (χ2v) is 14.8. The Morgan fingerprint density at radius 2 is 0.793 bits per heavy atom. The third kappa shape index (κ3) is 6.07. The molecule has 3 nitrogen and oxygen atoms in total. The zero-order valence-corrected chi connectivity index (χ0v) is 31.5. The molecule has 270 valence electrons. The summed E-state index contributed by atoms with van der Waals surface area (Å²) in [6.45, 7) is 0. The topological polar surface area (TPSA) is 38.7 Å². The largest absolute Gasteiger partial charge is 0.247 e. The van der Waals surface area contributed by atoms with Crippen LogP contribution in [0.2, 0.25) is 0 Å². The van der Waals surface area contributed by atoms with Crippen molar-refractivity contribution in [2.45, 2.75) is 0 Å². The molecule has 0 aliphatic heterocycles. The van der Waals surface area contributed by atoms with Gasteiger partial charge in [0.05, 0.1) is 22.6 Å². The zero-order valence-electron chi connectivity index (χ0n) is 31.5. The van der Waals surface area contributed by atoms with Gasteiger partial charge in [-0.2, -0.15) is 0 Å². The smallest absolute Gasteiger partial charge is 0.160 e. The molecule has 0 unspecified atom stereocenters. The standard InChI is InChI=1S/C55H35N3/c1-2-13-42(14-3-1)54-49-19-10-18-47(53(49)48-17-8-9-20-50(48)56-54)40-27-21-38(22-28-40)39-23-29-41(30-24-39)51-35-52(45-31-25-36-11-4-6-15-43(36)33-45)58-55(57-51)46-32-26-37-12-5-7-16-44(37)34-46/h1-35H. The molecule has 0 N–H and O–H groups in total. The SMILES string of the molecule is c1ccc(-c2nc3ccccc3c3c(-c4ccc(-c5ccc(-c6cc(-c7ccc8ccccc8c7)nc(-c7ccc8ccccc8c7)n6)cc5)cc4)cccc23)cc1. The number of nitrogens with zero attached hydrogens (tertiary/aromatic N) is 3. The van der Waals surface area contributed by atoms with Gasteiger partial charge in [-0.25, -0.2) is 15.0 Å². The number of pyridine rings is 1. The van der Waals surface area contributed by atoms with Crippen LogP contribution in [0, 0.1) is 0 Å². The third-order valence-corrected chi connectivity index (χ3v) is 11.3. The van der Waals surface area contributed by atoms with E-state index in [2.05, 4.69) is 212 Å². The van der Waals surface area contributed by atoms with Crippen LogP contribution in [0.3, 0.4) is 0 Å². The Hall–Kier alpha value is -7.75. The van der Waals surface area contributed by atoms with Crippen molar-refractivity contribution in [3.05, 3.63) is 212 Å². The highest BCUT2D eigenvalue weighted by Gasteiger charge is 2.16. The Kier molecular flexibility index (Phi) is 8.15. The highest BCUT2D eigenvalue weighted by Crippen LogP contribution is 2.39. The van der Waals surface area contributed by atoms with Crippen molar-refractivity contribution in [3.8, 4) is 67.4 Å². The van der Waals surface area contributed by atoms with Crippen LogP contribution in [0.15, 0.2) is 212 Å². The molecule has 0 saturated carbocycles. The molecule has 0 saturated heterocycles. The maximum atomic E-state index is 5.17. The van der Waals surface area contributed by atoms with Crippen LogP contribution in [-0.4, -0.2) is 15.0 Å². The fourth-order valence-electron chi connectivity index (χ4n) is 8.28. The van der Waals surface area contributed by atoms with Crippen molar-refractivity contribution in [3.63, 3.8) is 0 Å². The monoisotopic (exact) mass is 737 g/mol. The minimum Gasteiger partial charge on any atom is -0.247 e. The van der Waals surface area contributed by atoms with Crippen molar-refractivity contribution >= 4 is 43.2 Å². The quantitative estimate of drug-likeness (QED) is 0.160. The van der Waals surface area contributed by atoms with Gasteiger partial charge in [-0.3, -0.25) is 0 Å². The molecule has 0 aliphatic rings. The molecule has 3 heteroatoms. The molecule has 0 spiro atoms. The summed E-state index contributed by atoms with van der Waals surface area (Å²) in [5, 5.41) is 8.29. The first-order chi connectivity index (χ1) is 28.7. The summed E-state index contributed by atoms with van der Waals surface area (Å²) in [7, 11) is 0. The predicted molar refractivity (Wildman–Crippen MR) is 242 cm³/mol. The molecule has 9 aromatic carbocycles. The Labute approximate surface area is 336 Å². The average Bonchev–Trinajstić information content (AvgIpc) is 3.31. The van der Waals surface area contributed by atoms with E-state index in [1.54, 1.807) is 0 Å². The van der Waals surface area contributed by atoms with E-state index < -0.39 is 0 Å². The molecule has 0 radical (unpaired) electrons. The van der Waals surface area contributed by atoms with Gasteiger partial charge in [0.25, 0.3) is 0 Å². The molecule has 58 heavy (non-hydrogen) atoms. The lowest BCUT2D eigenvalue weighted by atomic mass is 9.92. The maximum Gasteiger partial charge on any atom is 0.160 e. The van der Waals surface area contributed by atoms with Crippen molar-refractivity contribution in [1.82, 2.24) is 15.0 Å². The first-order valence-corrected chi connectivity index (χ1v) is 19.7. The van der Waals surface area contributed by atoms with E-state index in [1.165, 1.54) is 38.1 Å². The lowest BCUT2D eigenvalue weighted by Gasteiger charge is -2.14. The van der Waals surface area contributed by atoms with E-state index in [1.807, 2.05) is 0 Å². The minimum atomic E-state index is 0.707. The van der Waals surface area contributed by atoms with Crippen molar-refractivity contribution in [2.75, 3.05) is 0 Å². The molecule has 2 heterocycles. The first-order valence-electron chi connectivity index (χ1n) is 19.7. The predicted octanol–water partition coefficient (Wildman–Crippen LogP) is 14.5. The molecule has 0 fully saturated rings. The summed E-state index contributed by atoms with van der Waals surface area (Å²) in [5.74, 6) is 0.707. The minimum absolute atomic E-state index is 0.707. The van der Waals surface area contributed by atoms with E-state index in [-0.39, 0.29) is 0 Å². The van der Waals surface area contributed by atoms with Crippen LogP contribution in [0.4, 0.5) is 0 Å². The Morgan fingerprint density at radius 1 is 0.276 bits per heavy atom. The number of hydrogen-bond acceptors (Lipinski definition) is 3. The van der Waals surface area contributed by atoms with Crippen LogP contribution in [0.25, 0.3) is 111 Å². The van der Waals surface area contributed by atoms with Gasteiger partial charge in [0.15, 0.2) is 5.82 Å². The Morgan fingerprint density at radius 3 is 1.50 bits per heavy atom. The summed E-state index contributed by atoms with van der Waals surface area (Å²) in [4.78, 5) is 15.5. The normalized spacial score (nSPS) is 11.4. The van der Waals surface area contributed by atoms with Gasteiger partial charge in [-0.1, -0.05) is 188 Å². The molecule has 2 aromatic heterocycles. The van der Waals surface area contributed by atoms with Crippen molar-refractivity contribution < 1.29 is 0 Å². The van der Waals surface area contributed by atoms with Crippen LogP contribution in [0.1, 0.15) is 0 Å². The molecular formula is C55H35N3. The number of para-hydroxylation sites is 1. The number of aromatic nitrogens is 3. The molecule has 0 aliphatic carbocycles. The summed E-state index contributed by atoms with van der Waals surface area (Å²) in [5.41, 5.74) is 12.7. The average molecular weight is 738 g/mol. The van der Waals surface area contributed by atoms with Gasteiger partial charge < -0.3 is 0 Å². The molecule has 11 rings (SSSR count). The van der Waals surface area contributed by atoms with E-state index >= 15 is 0 Å². The van der Waals surface area contributed by atoms with Gasteiger partial charge in [0.2, 0.25) is 0 Å². The van der Waals surface area contributed by atoms with Gasteiger partial charge in [0.1, 0.15) is 0 Å². The number of fused-ring (bicyclic) bond motifs is 5. The second-order valence-electron chi connectivity index (χ2n) is 14.8. The molecule has 0 bridgehead atoms. The summed E-state index contributed by atoms with van der Waals surface area (Å²) < 4.78 is 0. The summed E-state index contributed by atoms with van der Waals surface area (Å²) in [6, 6.07) is 75.2. The van der Waals surface area contributed by atoms with Crippen LogP contribution >= 0.6 is 0 Å². The molecular weight excluding hydrogens is 703 g/mol. The van der Waals surface area contributed by atoms with Gasteiger partial charge in [-0.15, -0.1) is 0 Å². The van der Waals surface area contributed by atoms with E-state index in [0.29, 0.717) is 5.82 Å². The zero-order chi connectivity index (χ0) is 38.4. The fourth-order valence-corrected chi connectivity index (χ4v) is 8.28. The van der Waals surface area contributed by atoms with E-state index in [0.717, 1.165) is 66.8 Å². The highest BCUT2D eigenvalue weighted by molar-refractivity contribution is 6.17. The molecule has 11 aromatic rings. The molecule has 0 amide bonds. The maximum absolute atomic E-state index is 5.17.